The molecule has 1 aliphatic rings. The summed E-state index contributed by atoms with van der Waals surface area (Å²) in [5.41, 5.74) is -4.11. The molecule has 0 N–H and O–H groups in total. The van der Waals surface area contributed by atoms with Gasteiger partial charge in [0.15, 0.2) is 9.84 Å². The minimum atomic E-state index is -4.38. The van der Waals surface area contributed by atoms with E-state index >= 15 is 0 Å². The molecule has 1 aliphatic heterocycles. The second-order valence-corrected chi connectivity index (χ2v) is 9.35. The highest BCUT2D eigenvalue weighted by Gasteiger charge is 2.35. The largest absolute Gasteiger partial charge is 0.446 e. The Hall–Kier alpha value is -1.22. The third kappa shape index (κ3) is 5.91. The molecule has 0 radical (unpaired) electrons. The second kappa shape index (κ2) is 7.99. The van der Waals surface area contributed by atoms with Gasteiger partial charge in [-0.15, -0.1) is 0 Å². The number of unbranched alkanes of at least 4 members (excludes halogenated alkanes) is 1. The first-order valence-corrected chi connectivity index (χ1v) is 10.6. The van der Waals surface area contributed by atoms with Gasteiger partial charge in [0.05, 0.1) is 11.5 Å². The molecule has 0 aliphatic carbocycles. The number of thioether (sulfide) groups is 1. The van der Waals surface area contributed by atoms with E-state index in [2.05, 4.69) is 0 Å². The zero-order valence-corrected chi connectivity index (χ0v) is 15.4. The number of hydrogen-bond acceptors (Lipinski definition) is 4. The fraction of sp³-hybridized carbons (Fsp3) is 0.562. The van der Waals surface area contributed by atoms with Crippen LogP contribution in [0.1, 0.15) is 36.5 Å². The maximum Gasteiger partial charge on any atom is 0.446 e. The van der Waals surface area contributed by atoms with Crippen LogP contribution in [0.2, 0.25) is 0 Å². The SMILES string of the molecule is CCCCN(C(=O)c1ccc(SC(F)(F)F)cc1)C1CCS(=O)(=O)C1. The molecular weight excluding hydrogens is 375 g/mol. The first-order valence-electron chi connectivity index (χ1n) is 7.98. The normalized spacial score (nSPS) is 19.8. The van der Waals surface area contributed by atoms with Crippen molar-refractivity contribution in [3.05, 3.63) is 29.8 Å². The average Bonchev–Trinajstić information content (AvgIpc) is 2.86. The molecule has 2 rings (SSSR count). The summed E-state index contributed by atoms with van der Waals surface area (Å²) in [6.45, 7) is 2.41. The Morgan fingerprint density at radius 1 is 1.28 bits per heavy atom. The Labute approximate surface area is 149 Å². The van der Waals surface area contributed by atoms with Crippen molar-refractivity contribution in [3.8, 4) is 0 Å². The maximum atomic E-state index is 12.7. The summed E-state index contributed by atoms with van der Waals surface area (Å²) in [6.07, 6.45) is 1.99. The van der Waals surface area contributed by atoms with E-state index in [0.29, 0.717) is 13.0 Å². The first-order chi connectivity index (χ1) is 11.6. The second-order valence-electron chi connectivity index (χ2n) is 5.98. The van der Waals surface area contributed by atoms with Crippen LogP contribution in [0.15, 0.2) is 29.2 Å². The van der Waals surface area contributed by atoms with Crippen molar-refractivity contribution in [2.75, 3.05) is 18.1 Å². The lowest BCUT2D eigenvalue weighted by Crippen LogP contribution is -2.41. The van der Waals surface area contributed by atoms with Crippen LogP contribution in [0.25, 0.3) is 0 Å². The van der Waals surface area contributed by atoms with Gasteiger partial charge < -0.3 is 4.90 Å². The average molecular weight is 395 g/mol. The van der Waals surface area contributed by atoms with Gasteiger partial charge in [-0.25, -0.2) is 8.42 Å². The molecule has 0 spiro atoms. The highest BCUT2D eigenvalue weighted by atomic mass is 32.2. The zero-order valence-electron chi connectivity index (χ0n) is 13.8. The number of hydrogen-bond donors (Lipinski definition) is 0. The van der Waals surface area contributed by atoms with Crippen LogP contribution >= 0.6 is 11.8 Å². The Morgan fingerprint density at radius 2 is 1.92 bits per heavy atom. The van der Waals surface area contributed by atoms with Crippen molar-refractivity contribution in [2.45, 2.75) is 42.6 Å². The molecule has 1 aromatic carbocycles. The molecule has 0 aromatic heterocycles. The number of rotatable bonds is 6. The molecule has 1 aromatic rings. The quantitative estimate of drug-likeness (QED) is 0.689. The highest BCUT2D eigenvalue weighted by Crippen LogP contribution is 2.36. The van der Waals surface area contributed by atoms with E-state index in [-0.39, 0.29) is 45.7 Å². The molecule has 25 heavy (non-hydrogen) atoms. The number of halogens is 3. The lowest BCUT2D eigenvalue weighted by atomic mass is 10.1. The smallest absolute Gasteiger partial charge is 0.335 e. The van der Waals surface area contributed by atoms with Gasteiger partial charge >= 0.3 is 5.51 Å². The summed E-state index contributed by atoms with van der Waals surface area (Å²) in [5, 5.41) is 0. The third-order valence-electron chi connectivity index (χ3n) is 4.00. The molecule has 1 unspecified atom stereocenters. The number of carbonyl (C=O) groups excluding carboxylic acids is 1. The number of benzene rings is 1. The van der Waals surface area contributed by atoms with Crippen LogP contribution in [0.3, 0.4) is 0 Å². The molecule has 140 valence electrons. The lowest BCUT2D eigenvalue weighted by molar-refractivity contribution is -0.0328. The van der Waals surface area contributed by atoms with Crippen molar-refractivity contribution >= 4 is 27.5 Å². The molecule has 1 saturated heterocycles. The fourth-order valence-corrected chi connectivity index (χ4v) is 5.03. The van der Waals surface area contributed by atoms with Gasteiger partial charge in [-0.2, -0.15) is 13.2 Å². The standard InChI is InChI=1S/C16H20F3NO3S2/c1-2-3-9-20(13-8-10-25(22,23)11-13)15(21)12-4-6-14(7-5-12)24-16(17,18)19/h4-7,13H,2-3,8-11H2,1H3. The Kier molecular flexibility index (Phi) is 6.42. The number of nitrogens with zero attached hydrogens (tertiary/aromatic N) is 1. The van der Waals surface area contributed by atoms with Crippen molar-refractivity contribution in [1.29, 1.82) is 0 Å². The van der Waals surface area contributed by atoms with E-state index in [4.69, 9.17) is 0 Å². The molecule has 1 fully saturated rings. The highest BCUT2D eigenvalue weighted by molar-refractivity contribution is 8.00. The maximum absolute atomic E-state index is 12.7. The molecular formula is C16H20F3NO3S2. The minimum Gasteiger partial charge on any atom is -0.335 e. The number of sulfone groups is 1. The predicted molar refractivity (Wildman–Crippen MR) is 91.4 cm³/mol. The van der Waals surface area contributed by atoms with Crippen molar-refractivity contribution < 1.29 is 26.4 Å². The van der Waals surface area contributed by atoms with E-state index in [0.717, 1.165) is 12.8 Å². The van der Waals surface area contributed by atoms with E-state index in [1.807, 2.05) is 6.92 Å². The van der Waals surface area contributed by atoms with Crippen molar-refractivity contribution in [3.63, 3.8) is 0 Å². The van der Waals surface area contributed by atoms with Gasteiger partial charge in [-0.1, -0.05) is 13.3 Å². The van der Waals surface area contributed by atoms with Gasteiger partial charge in [-0.3, -0.25) is 4.79 Å². The van der Waals surface area contributed by atoms with E-state index in [9.17, 15) is 26.4 Å². The summed E-state index contributed by atoms with van der Waals surface area (Å²) in [7, 11) is -3.13. The Bertz CT molecular complexity index is 702. The Morgan fingerprint density at radius 3 is 2.40 bits per heavy atom. The van der Waals surface area contributed by atoms with E-state index in [1.54, 1.807) is 4.90 Å². The Balaban J connectivity index is 2.15. The first kappa shape index (κ1) is 20.1. The zero-order chi connectivity index (χ0) is 18.7. The fourth-order valence-electron chi connectivity index (χ4n) is 2.76. The molecule has 9 heteroatoms. The molecule has 0 bridgehead atoms. The van der Waals surface area contributed by atoms with Crippen LogP contribution in [0.5, 0.6) is 0 Å². The minimum absolute atomic E-state index is 0.00704. The monoisotopic (exact) mass is 395 g/mol. The summed E-state index contributed by atoms with van der Waals surface area (Å²) < 4.78 is 60.5. The topological polar surface area (TPSA) is 54.5 Å². The van der Waals surface area contributed by atoms with Gasteiger partial charge in [0, 0.05) is 23.0 Å². The van der Waals surface area contributed by atoms with Crippen LogP contribution in [0.4, 0.5) is 13.2 Å². The summed E-state index contributed by atoms with van der Waals surface area (Å²) >= 11 is -0.236. The third-order valence-corrected chi connectivity index (χ3v) is 6.49. The van der Waals surface area contributed by atoms with Crippen LogP contribution in [-0.2, 0) is 9.84 Å². The summed E-state index contributed by atoms with van der Waals surface area (Å²) in [5.74, 6) is -0.321. The number of amides is 1. The predicted octanol–water partition coefficient (Wildman–Crippen LogP) is 3.73. The van der Waals surface area contributed by atoms with Gasteiger partial charge in [-0.05, 0) is 48.9 Å². The molecule has 1 heterocycles. The summed E-state index contributed by atoms with van der Waals surface area (Å²) in [6, 6.07) is 4.87. The lowest BCUT2D eigenvalue weighted by Gasteiger charge is -2.28. The van der Waals surface area contributed by atoms with Crippen LogP contribution in [0, 0.1) is 0 Å². The van der Waals surface area contributed by atoms with Gasteiger partial charge in [0.2, 0.25) is 0 Å². The van der Waals surface area contributed by atoms with Crippen LogP contribution < -0.4 is 0 Å². The van der Waals surface area contributed by atoms with Gasteiger partial charge in [0.25, 0.3) is 5.91 Å². The molecule has 1 amide bonds. The number of carbonyl (C=O) groups is 1. The van der Waals surface area contributed by atoms with E-state index in [1.165, 1.54) is 24.3 Å². The van der Waals surface area contributed by atoms with Crippen LogP contribution in [-0.4, -0.2) is 48.8 Å². The molecule has 1 atom stereocenters. The van der Waals surface area contributed by atoms with E-state index < -0.39 is 15.3 Å². The summed E-state index contributed by atoms with van der Waals surface area (Å²) in [4.78, 5) is 14.3. The van der Waals surface area contributed by atoms with Crippen molar-refractivity contribution in [1.82, 2.24) is 4.90 Å². The van der Waals surface area contributed by atoms with Crippen molar-refractivity contribution in [2.24, 2.45) is 0 Å². The number of alkyl halides is 3. The van der Waals surface area contributed by atoms with Gasteiger partial charge in [0.1, 0.15) is 0 Å². The molecule has 4 nitrogen and oxygen atoms in total. The molecule has 0 saturated carbocycles.